The zero-order valence-corrected chi connectivity index (χ0v) is 11.9. The molecule has 96 valence electrons. The monoisotopic (exact) mass is 227 g/mol. The van der Waals surface area contributed by atoms with Gasteiger partial charge in [-0.15, -0.1) is 0 Å². The highest BCUT2D eigenvalue weighted by atomic mass is 15.3. The van der Waals surface area contributed by atoms with Gasteiger partial charge in [0.15, 0.2) is 0 Å². The van der Waals surface area contributed by atoms with Crippen molar-refractivity contribution in [1.29, 1.82) is 0 Å². The van der Waals surface area contributed by atoms with Gasteiger partial charge in [-0.25, -0.2) is 0 Å². The molecule has 1 saturated heterocycles. The van der Waals surface area contributed by atoms with Crippen LogP contribution in [-0.4, -0.2) is 55.1 Å². The third kappa shape index (κ3) is 2.58. The van der Waals surface area contributed by atoms with Gasteiger partial charge in [0.05, 0.1) is 0 Å². The smallest absolute Gasteiger partial charge is 0.0470 e. The SMILES string of the molecule is CC(N(C)C1(CN)CCN(C)C1)C(C)(C)C. The van der Waals surface area contributed by atoms with Crippen LogP contribution < -0.4 is 5.73 Å². The largest absolute Gasteiger partial charge is 0.329 e. The van der Waals surface area contributed by atoms with Gasteiger partial charge < -0.3 is 10.6 Å². The molecule has 0 radical (unpaired) electrons. The average molecular weight is 227 g/mol. The van der Waals surface area contributed by atoms with E-state index in [1.54, 1.807) is 0 Å². The fraction of sp³-hybridized carbons (Fsp3) is 1.00. The van der Waals surface area contributed by atoms with E-state index in [4.69, 9.17) is 5.73 Å². The Morgan fingerprint density at radius 3 is 2.31 bits per heavy atom. The first-order chi connectivity index (χ1) is 7.23. The lowest BCUT2D eigenvalue weighted by Gasteiger charge is -2.46. The molecule has 0 amide bonds. The van der Waals surface area contributed by atoms with E-state index >= 15 is 0 Å². The van der Waals surface area contributed by atoms with Gasteiger partial charge in [0.2, 0.25) is 0 Å². The molecule has 0 spiro atoms. The maximum Gasteiger partial charge on any atom is 0.0470 e. The van der Waals surface area contributed by atoms with E-state index in [2.05, 4.69) is 51.6 Å². The van der Waals surface area contributed by atoms with E-state index in [-0.39, 0.29) is 5.54 Å². The summed E-state index contributed by atoms with van der Waals surface area (Å²) < 4.78 is 0. The van der Waals surface area contributed by atoms with Gasteiger partial charge in [-0.3, -0.25) is 4.90 Å². The molecule has 1 aliphatic rings. The van der Waals surface area contributed by atoms with E-state index in [0.717, 1.165) is 13.1 Å². The minimum Gasteiger partial charge on any atom is -0.329 e. The fourth-order valence-electron chi connectivity index (χ4n) is 2.65. The molecule has 0 aromatic heterocycles. The molecule has 1 rings (SSSR count). The second-order valence-electron chi connectivity index (χ2n) is 6.57. The maximum atomic E-state index is 6.04. The summed E-state index contributed by atoms with van der Waals surface area (Å²) in [5, 5.41) is 0. The lowest BCUT2D eigenvalue weighted by Crippen LogP contribution is -2.59. The first-order valence-electron chi connectivity index (χ1n) is 6.34. The van der Waals surface area contributed by atoms with Crippen molar-refractivity contribution in [1.82, 2.24) is 9.80 Å². The first-order valence-corrected chi connectivity index (χ1v) is 6.34. The molecular formula is C13H29N3. The van der Waals surface area contributed by atoms with Crippen LogP contribution in [0.5, 0.6) is 0 Å². The Labute approximate surface area is 101 Å². The molecule has 0 aromatic carbocycles. The lowest BCUT2D eigenvalue weighted by molar-refractivity contribution is 0.0379. The number of hydrogen-bond acceptors (Lipinski definition) is 3. The minimum absolute atomic E-state index is 0.182. The Morgan fingerprint density at radius 1 is 1.44 bits per heavy atom. The Kier molecular flexibility index (Phi) is 4.04. The van der Waals surface area contributed by atoms with Crippen molar-refractivity contribution in [3.05, 3.63) is 0 Å². The fourth-order valence-corrected chi connectivity index (χ4v) is 2.65. The summed E-state index contributed by atoms with van der Waals surface area (Å²) >= 11 is 0. The Balaban J connectivity index is 2.81. The van der Waals surface area contributed by atoms with Crippen LogP contribution in [0.15, 0.2) is 0 Å². The Morgan fingerprint density at radius 2 is 2.00 bits per heavy atom. The molecule has 16 heavy (non-hydrogen) atoms. The van der Waals surface area contributed by atoms with Gasteiger partial charge in [0.25, 0.3) is 0 Å². The molecule has 2 N–H and O–H groups in total. The van der Waals surface area contributed by atoms with Crippen molar-refractivity contribution < 1.29 is 0 Å². The van der Waals surface area contributed by atoms with Gasteiger partial charge in [-0.2, -0.15) is 0 Å². The Hall–Kier alpha value is -0.120. The summed E-state index contributed by atoms with van der Waals surface area (Å²) in [6.45, 7) is 12.2. The van der Waals surface area contributed by atoms with Crippen molar-refractivity contribution >= 4 is 0 Å². The van der Waals surface area contributed by atoms with E-state index in [9.17, 15) is 0 Å². The standard InChI is InChI=1S/C13H29N3/c1-11(12(2,3)4)16(6)13(9-14)7-8-15(5)10-13/h11H,7-10,14H2,1-6H3. The number of likely N-dealkylation sites (N-methyl/N-ethyl adjacent to an activating group) is 2. The number of nitrogens with two attached hydrogens (primary N) is 1. The van der Waals surface area contributed by atoms with Crippen molar-refractivity contribution in [2.75, 3.05) is 33.7 Å². The normalized spacial score (nSPS) is 30.0. The lowest BCUT2D eigenvalue weighted by atomic mass is 9.83. The second kappa shape index (κ2) is 4.63. The number of likely N-dealkylation sites (tertiary alicyclic amines) is 1. The third-order valence-electron chi connectivity index (χ3n) is 4.49. The highest BCUT2D eigenvalue weighted by Crippen LogP contribution is 2.32. The molecule has 1 heterocycles. The van der Waals surface area contributed by atoms with Crippen LogP contribution in [0.2, 0.25) is 0 Å². The van der Waals surface area contributed by atoms with Crippen LogP contribution >= 0.6 is 0 Å². The molecule has 2 atom stereocenters. The molecule has 0 aliphatic carbocycles. The zero-order valence-electron chi connectivity index (χ0n) is 11.9. The summed E-state index contributed by atoms with van der Waals surface area (Å²) in [6, 6.07) is 0.544. The highest BCUT2D eigenvalue weighted by Gasteiger charge is 2.42. The Bertz CT molecular complexity index is 234. The van der Waals surface area contributed by atoms with E-state index in [0.29, 0.717) is 11.5 Å². The summed E-state index contributed by atoms with van der Waals surface area (Å²) in [5.74, 6) is 0. The molecule has 0 saturated carbocycles. The van der Waals surface area contributed by atoms with Gasteiger partial charge in [-0.05, 0) is 39.4 Å². The van der Waals surface area contributed by atoms with Crippen LogP contribution in [0.25, 0.3) is 0 Å². The summed E-state index contributed by atoms with van der Waals surface area (Å²) in [5.41, 5.74) is 6.53. The van der Waals surface area contributed by atoms with E-state index < -0.39 is 0 Å². The summed E-state index contributed by atoms with van der Waals surface area (Å²) in [6.07, 6.45) is 1.19. The molecular weight excluding hydrogens is 198 g/mol. The maximum absolute atomic E-state index is 6.04. The molecule has 3 heteroatoms. The summed E-state index contributed by atoms with van der Waals surface area (Å²) in [7, 11) is 4.43. The van der Waals surface area contributed by atoms with Crippen molar-refractivity contribution in [3.8, 4) is 0 Å². The van der Waals surface area contributed by atoms with Gasteiger partial charge in [0, 0.05) is 24.7 Å². The number of rotatable bonds is 3. The van der Waals surface area contributed by atoms with Crippen LogP contribution in [-0.2, 0) is 0 Å². The average Bonchev–Trinajstić information content (AvgIpc) is 2.58. The third-order valence-corrected chi connectivity index (χ3v) is 4.49. The zero-order chi connectivity index (χ0) is 12.6. The van der Waals surface area contributed by atoms with Gasteiger partial charge in [0.1, 0.15) is 0 Å². The topological polar surface area (TPSA) is 32.5 Å². The minimum atomic E-state index is 0.182. The van der Waals surface area contributed by atoms with Crippen molar-refractivity contribution in [3.63, 3.8) is 0 Å². The van der Waals surface area contributed by atoms with Crippen LogP contribution in [0.4, 0.5) is 0 Å². The van der Waals surface area contributed by atoms with Crippen molar-refractivity contribution in [2.24, 2.45) is 11.1 Å². The quantitative estimate of drug-likeness (QED) is 0.791. The van der Waals surface area contributed by atoms with Gasteiger partial charge in [-0.1, -0.05) is 20.8 Å². The molecule has 3 nitrogen and oxygen atoms in total. The first kappa shape index (κ1) is 13.9. The molecule has 1 fully saturated rings. The predicted molar refractivity (Wildman–Crippen MR) is 70.6 cm³/mol. The van der Waals surface area contributed by atoms with Crippen LogP contribution in [0, 0.1) is 5.41 Å². The molecule has 0 aromatic rings. The van der Waals surface area contributed by atoms with E-state index in [1.165, 1.54) is 13.0 Å². The summed E-state index contributed by atoms with van der Waals surface area (Å²) in [4.78, 5) is 4.90. The van der Waals surface area contributed by atoms with E-state index in [1.807, 2.05) is 0 Å². The predicted octanol–water partition coefficient (Wildman–Crippen LogP) is 1.39. The van der Waals surface area contributed by atoms with Gasteiger partial charge >= 0.3 is 0 Å². The number of hydrogen-bond donors (Lipinski definition) is 1. The molecule has 1 aliphatic heterocycles. The molecule has 2 unspecified atom stereocenters. The number of nitrogens with zero attached hydrogens (tertiary/aromatic N) is 2. The van der Waals surface area contributed by atoms with Crippen molar-refractivity contribution in [2.45, 2.75) is 45.7 Å². The van der Waals surface area contributed by atoms with Crippen LogP contribution in [0.1, 0.15) is 34.1 Å². The molecule has 0 bridgehead atoms. The van der Waals surface area contributed by atoms with Crippen LogP contribution in [0.3, 0.4) is 0 Å². The second-order valence-corrected chi connectivity index (χ2v) is 6.57. The highest BCUT2D eigenvalue weighted by molar-refractivity contribution is 5.01.